The average Bonchev–Trinajstić information content (AvgIpc) is 3.34. The molecule has 1 atom stereocenters. The van der Waals surface area contributed by atoms with Crippen molar-refractivity contribution >= 4 is 39.0 Å². The molecule has 0 spiro atoms. The number of fused-ring (bicyclic) bond motifs is 2. The molecule has 0 aliphatic heterocycles. The summed E-state index contributed by atoms with van der Waals surface area (Å²) in [6.07, 6.45) is 2.29. The molecule has 0 saturated heterocycles. The first-order valence-electron chi connectivity index (χ1n) is 22.6. The smallest absolute Gasteiger partial charge is 0.252 e. The second-order valence-corrected chi connectivity index (χ2v) is 15.7. The maximum Gasteiger partial charge on any atom is 0.252 e. The molecular formula is C54H58N4O5. The lowest BCUT2D eigenvalue weighted by atomic mass is 9.94. The van der Waals surface area contributed by atoms with Gasteiger partial charge in [0.25, 0.3) is 5.91 Å². The molecule has 7 aromatic carbocycles. The van der Waals surface area contributed by atoms with Crippen LogP contribution in [0, 0.1) is 0 Å². The largest absolute Gasteiger partial charge is 0.497 e. The summed E-state index contributed by atoms with van der Waals surface area (Å²) in [6, 6.07) is 48.0. The normalized spacial score (nSPS) is 12.3. The maximum absolute atomic E-state index is 13.9. The van der Waals surface area contributed by atoms with Gasteiger partial charge in [0.05, 0.1) is 29.6 Å². The van der Waals surface area contributed by atoms with E-state index in [4.69, 9.17) is 17.0 Å². The minimum Gasteiger partial charge on any atom is -0.497 e. The van der Waals surface area contributed by atoms with Gasteiger partial charge in [0, 0.05) is 63.0 Å². The van der Waals surface area contributed by atoms with E-state index in [2.05, 4.69) is 65.2 Å². The zero-order valence-corrected chi connectivity index (χ0v) is 36.6. The number of amides is 2. The summed E-state index contributed by atoms with van der Waals surface area (Å²) in [7, 11) is 7.04. The molecule has 0 saturated carbocycles. The molecule has 0 aliphatic carbocycles. The van der Waals surface area contributed by atoms with Crippen LogP contribution < -0.4 is 29.7 Å². The number of nitrogens with one attached hydrogen (secondary N) is 2. The lowest BCUT2D eigenvalue weighted by molar-refractivity contribution is -0.132. The lowest BCUT2D eigenvalue weighted by Crippen LogP contribution is -2.36. The van der Waals surface area contributed by atoms with E-state index in [-0.39, 0.29) is 31.4 Å². The molecule has 0 fully saturated rings. The fraction of sp³-hybridized carbons (Fsp3) is 0.259. The molecule has 9 heteroatoms. The van der Waals surface area contributed by atoms with Crippen LogP contribution in [-0.2, 0) is 17.7 Å². The van der Waals surface area contributed by atoms with E-state index < -0.39 is 12.5 Å². The fourth-order valence-corrected chi connectivity index (χ4v) is 7.84. The van der Waals surface area contributed by atoms with Crippen LogP contribution in [0.15, 0.2) is 152 Å². The highest BCUT2D eigenvalue weighted by molar-refractivity contribution is 6.02. The van der Waals surface area contributed by atoms with Gasteiger partial charge in [-0.3, -0.25) is 9.59 Å². The molecule has 1 unspecified atom stereocenters. The van der Waals surface area contributed by atoms with Crippen molar-refractivity contribution in [3.8, 4) is 17.2 Å². The third kappa shape index (κ3) is 11.6. The number of hydrogen-bond acceptors (Lipinski definition) is 7. The molecule has 0 aromatic heterocycles. The van der Waals surface area contributed by atoms with E-state index in [0.717, 1.165) is 36.2 Å². The summed E-state index contributed by atoms with van der Waals surface area (Å²) in [4.78, 5) is 30.9. The summed E-state index contributed by atoms with van der Waals surface area (Å²) in [5.41, 5.74) is 4.76. The second-order valence-electron chi connectivity index (χ2n) is 15.7. The van der Waals surface area contributed by atoms with Crippen molar-refractivity contribution in [2.24, 2.45) is 0 Å². The number of carbonyl (C=O) groups is 2. The Bertz CT molecular complexity index is 2640. The molecule has 9 nitrogen and oxygen atoms in total. The monoisotopic (exact) mass is 844 g/mol. The van der Waals surface area contributed by atoms with E-state index >= 15 is 0 Å². The molecule has 0 heterocycles. The van der Waals surface area contributed by atoms with Crippen molar-refractivity contribution in [2.75, 3.05) is 59.5 Å². The zero-order chi connectivity index (χ0) is 45.8. The van der Waals surface area contributed by atoms with E-state index in [0.29, 0.717) is 41.3 Å². The number of aryl methyl sites for hydroxylation is 1. The van der Waals surface area contributed by atoms with Gasteiger partial charge in [-0.05, 0) is 113 Å². The number of ether oxygens (including phenoxy) is 3. The third-order valence-electron chi connectivity index (χ3n) is 11.2. The van der Waals surface area contributed by atoms with Crippen LogP contribution >= 0.6 is 0 Å². The van der Waals surface area contributed by atoms with E-state index in [1.54, 1.807) is 50.6 Å². The van der Waals surface area contributed by atoms with Crippen LogP contribution in [0.2, 0.25) is 0 Å². The minimum absolute atomic E-state index is 0.110. The van der Waals surface area contributed by atoms with Crippen molar-refractivity contribution in [1.82, 2.24) is 15.5 Å². The molecule has 7 rings (SSSR count). The first-order valence-corrected chi connectivity index (χ1v) is 21.6. The number of hydrogen-bond donors (Lipinski definition) is 2. The Morgan fingerprint density at radius 1 is 0.698 bits per heavy atom. The first kappa shape index (κ1) is 41.5. The summed E-state index contributed by atoms with van der Waals surface area (Å²) in [6.45, 7) is -0.372. The van der Waals surface area contributed by atoms with Crippen LogP contribution in [-0.4, -0.2) is 71.3 Å². The van der Waals surface area contributed by atoms with E-state index in [1.165, 1.54) is 32.0 Å². The highest BCUT2D eigenvalue weighted by Crippen LogP contribution is 2.35. The van der Waals surface area contributed by atoms with Gasteiger partial charge in [-0.1, -0.05) is 97.1 Å². The minimum atomic E-state index is -2.01. The Hall–Kier alpha value is -6.84. The van der Waals surface area contributed by atoms with Gasteiger partial charge in [0.15, 0.2) is 0 Å². The summed E-state index contributed by atoms with van der Waals surface area (Å²) >= 11 is 0. The second kappa shape index (κ2) is 21.8. The quantitative estimate of drug-likeness (QED) is 0.0550. The van der Waals surface area contributed by atoms with Crippen LogP contribution in [0.1, 0.15) is 60.7 Å². The third-order valence-corrected chi connectivity index (χ3v) is 11.2. The maximum atomic E-state index is 13.9. The fourth-order valence-electron chi connectivity index (χ4n) is 7.84. The summed E-state index contributed by atoms with van der Waals surface area (Å²) in [5.74, 6) is 1.27. The number of methoxy groups -OCH3 is 2. The highest BCUT2D eigenvalue weighted by atomic mass is 16.5. The van der Waals surface area contributed by atoms with Crippen LogP contribution in [0.3, 0.4) is 0 Å². The standard InChI is InChI=1S/C54H58N4O5/c1-57(2)44-20-12-19-43(36-44)54(60)56-53(50-30-29-46(61-3)37-51(50)62-4)40-25-27-45(28-26-40)63-34-14-24-52(59)58(38-39-15-6-5-7-16-39)33-32-55-31-13-23-49-47-21-10-8-17-41(47)35-42-18-9-11-22-48(42)49/h5-12,15-22,25-30,35-37,53,55H,13-14,23-24,31-34,38H2,1-4H3,(H,56,60)/i38D2. The van der Waals surface area contributed by atoms with Gasteiger partial charge >= 0.3 is 0 Å². The highest BCUT2D eigenvalue weighted by Gasteiger charge is 2.23. The van der Waals surface area contributed by atoms with Crippen molar-refractivity contribution in [3.05, 3.63) is 179 Å². The Labute approximate surface area is 374 Å². The molecule has 2 N–H and O–H groups in total. The zero-order valence-electron chi connectivity index (χ0n) is 38.6. The molecule has 324 valence electrons. The van der Waals surface area contributed by atoms with Crippen molar-refractivity contribution in [3.63, 3.8) is 0 Å². The van der Waals surface area contributed by atoms with Gasteiger partial charge in [-0.2, -0.15) is 0 Å². The number of nitrogens with zero attached hydrogens (tertiary/aromatic N) is 2. The van der Waals surface area contributed by atoms with Crippen molar-refractivity contribution in [2.45, 2.75) is 38.2 Å². The predicted octanol–water partition coefficient (Wildman–Crippen LogP) is 10.0. The van der Waals surface area contributed by atoms with Gasteiger partial charge in [-0.15, -0.1) is 0 Å². The van der Waals surface area contributed by atoms with Crippen molar-refractivity contribution in [1.29, 1.82) is 0 Å². The van der Waals surface area contributed by atoms with Gasteiger partial charge < -0.3 is 34.6 Å². The van der Waals surface area contributed by atoms with Gasteiger partial charge in [0.2, 0.25) is 5.91 Å². The molecule has 63 heavy (non-hydrogen) atoms. The number of rotatable bonds is 21. The molecule has 0 aliphatic rings. The molecule has 0 bridgehead atoms. The van der Waals surface area contributed by atoms with Crippen LogP contribution in [0.25, 0.3) is 21.5 Å². The Kier molecular flexibility index (Phi) is 14.4. The Morgan fingerprint density at radius 3 is 2.10 bits per heavy atom. The van der Waals surface area contributed by atoms with Gasteiger partial charge in [0.1, 0.15) is 17.2 Å². The molecule has 7 aromatic rings. The Morgan fingerprint density at radius 2 is 1.40 bits per heavy atom. The first-order chi connectivity index (χ1) is 31.6. The molecular weight excluding hydrogens is 785 g/mol. The van der Waals surface area contributed by atoms with Crippen LogP contribution in [0.5, 0.6) is 17.2 Å². The molecule has 2 amide bonds. The van der Waals surface area contributed by atoms with Crippen LogP contribution in [0.4, 0.5) is 5.69 Å². The SMILES string of the molecule is [2H]C([2H])(c1ccccc1)N(CCNCCCc1c2ccccc2cc2ccccc12)C(=O)CCCOc1ccc(C(NC(=O)c2cccc(N(C)C)c2)c2ccc(OC)cc2OC)cc1. The lowest BCUT2D eigenvalue weighted by Gasteiger charge is -2.24. The topological polar surface area (TPSA) is 92.4 Å². The average molecular weight is 845 g/mol. The number of anilines is 1. The van der Waals surface area contributed by atoms with Gasteiger partial charge in [-0.25, -0.2) is 0 Å². The number of carbonyl (C=O) groups excluding carboxylic acids is 2. The summed E-state index contributed by atoms with van der Waals surface area (Å²) < 4.78 is 35.5. The van der Waals surface area contributed by atoms with E-state index in [9.17, 15) is 9.59 Å². The molecule has 0 radical (unpaired) electrons. The van der Waals surface area contributed by atoms with Crippen molar-refractivity contribution < 1.29 is 26.5 Å². The summed E-state index contributed by atoms with van der Waals surface area (Å²) in [5, 5.41) is 11.7. The predicted molar refractivity (Wildman–Crippen MR) is 255 cm³/mol. The number of benzene rings is 7. The Balaban J connectivity index is 0.970. The van der Waals surface area contributed by atoms with E-state index in [1.807, 2.05) is 79.7 Å².